The first kappa shape index (κ1) is 13.5. The summed E-state index contributed by atoms with van der Waals surface area (Å²) in [4.78, 5) is 0. The molecule has 0 heterocycles. The summed E-state index contributed by atoms with van der Waals surface area (Å²) in [6.07, 6.45) is 0. The van der Waals surface area contributed by atoms with E-state index in [-0.39, 0.29) is 5.41 Å². The molecule has 2 aromatic carbocycles. The number of hydrogen-bond donors (Lipinski definition) is 2. The Labute approximate surface area is 115 Å². The highest BCUT2D eigenvalue weighted by atomic mass is 14.9. The van der Waals surface area contributed by atoms with Crippen LogP contribution >= 0.6 is 0 Å². The van der Waals surface area contributed by atoms with Crippen molar-refractivity contribution in [3.05, 3.63) is 53.6 Å². The third-order valence-corrected chi connectivity index (χ3v) is 3.24. The van der Waals surface area contributed by atoms with Gasteiger partial charge in [0.05, 0.1) is 11.4 Å². The molecule has 0 amide bonds. The van der Waals surface area contributed by atoms with Gasteiger partial charge in [0.1, 0.15) is 0 Å². The quantitative estimate of drug-likeness (QED) is 0.767. The Hall–Kier alpha value is -1.96. The highest BCUT2D eigenvalue weighted by molar-refractivity contribution is 5.73. The molecule has 0 spiro atoms. The number of rotatable bonds is 2. The molecule has 0 bridgehead atoms. The molecule has 2 aromatic rings. The van der Waals surface area contributed by atoms with E-state index < -0.39 is 0 Å². The van der Waals surface area contributed by atoms with Gasteiger partial charge in [-0.3, -0.25) is 0 Å². The molecule has 2 heteroatoms. The van der Waals surface area contributed by atoms with Crippen LogP contribution in [0.25, 0.3) is 0 Å². The predicted octanol–water partition coefficient (Wildman–Crippen LogP) is 4.62. The van der Waals surface area contributed by atoms with E-state index in [0.717, 1.165) is 17.1 Å². The predicted molar refractivity (Wildman–Crippen MR) is 84.0 cm³/mol. The topological polar surface area (TPSA) is 38.0 Å². The van der Waals surface area contributed by atoms with Crippen LogP contribution in [0.15, 0.2) is 42.5 Å². The van der Waals surface area contributed by atoms with Crippen molar-refractivity contribution in [2.75, 3.05) is 11.1 Å². The van der Waals surface area contributed by atoms with Crippen LogP contribution in [0.2, 0.25) is 0 Å². The lowest BCUT2D eigenvalue weighted by Crippen LogP contribution is -2.10. The van der Waals surface area contributed by atoms with Gasteiger partial charge in [0.2, 0.25) is 0 Å². The molecule has 0 aromatic heterocycles. The van der Waals surface area contributed by atoms with Gasteiger partial charge in [-0.15, -0.1) is 0 Å². The van der Waals surface area contributed by atoms with E-state index in [1.807, 2.05) is 12.1 Å². The first-order chi connectivity index (χ1) is 8.86. The van der Waals surface area contributed by atoms with Gasteiger partial charge in [-0.25, -0.2) is 0 Å². The van der Waals surface area contributed by atoms with Gasteiger partial charge in [0.25, 0.3) is 0 Å². The Morgan fingerprint density at radius 1 is 0.947 bits per heavy atom. The highest BCUT2D eigenvalue weighted by Gasteiger charge is 2.12. The average Bonchev–Trinajstić information content (AvgIpc) is 2.33. The summed E-state index contributed by atoms with van der Waals surface area (Å²) in [6, 6.07) is 14.5. The average molecular weight is 254 g/mol. The smallest absolute Gasteiger partial charge is 0.0620 e. The molecule has 2 rings (SSSR count). The van der Waals surface area contributed by atoms with Crippen molar-refractivity contribution in [1.29, 1.82) is 0 Å². The maximum Gasteiger partial charge on any atom is 0.0620 e. The zero-order valence-corrected chi connectivity index (χ0v) is 12.1. The van der Waals surface area contributed by atoms with Crippen molar-refractivity contribution >= 4 is 17.1 Å². The lowest BCUT2D eigenvalue weighted by molar-refractivity contribution is 0.590. The third kappa shape index (κ3) is 3.28. The monoisotopic (exact) mass is 254 g/mol. The second kappa shape index (κ2) is 4.96. The summed E-state index contributed by atoms with van der Waals surface area (Å²) < 4.78 is 0. The van der Waals surface area contributed by atoms with E-state index in [9.17, 15) is 0 Å². The molecule has 100 valence electrons. The van der Waals surface area contributed by atoms with Crippen molar-refractivity contribution in [2.24, 2.45) is 0 Å². The van der Waals surface area contributed by atoms with Gasteiger partial charge in [-0.2, -0.15) is 0 Å². The zero-order chi connectivity index (χ0) is 14.0. The van der Waals surface area contributed by atoms with Crippen LogP contribution in [-0.4, -0.2) is 0 Å². The lowest BCUT2D eigenvalue weighted by atomic mass is 9.87. The molecule has 2 nitrogen and oxygen atoms in total. The molecule has 0 radical (unpaired) electrons. The minimum absolute atomic E-state index is 0.181. The molecule has 0 saturated carbocycles. The fourth-order valence-electron chi connectivity index (χ4n) is 1.99. The van der Waals surface area contributed by atoms with Crippen molar-refractivity contribution in [3.63, 3.8) is 0 Å². The second-order valence-corrected chi connectivity index (χ2v) is 6.04. The van der Waals surface area contributed by atoms with Gasteiger partial charge >= 0.3 is 0 Å². The number of nitrogens with one attached hydrogen (secondary N) is 1. The second-order valence-electron chi connectivity index (χ2n) is 6.04. The number of nitrogens with two attached hydrogens (primary N) is 1. The molecule has 19 heavy (non-hydrogen) atoms. The summed E-state index contributed by atoms with van der Waals surface area (Å²) in [5, 5.41) is 3.37. The molecular formula is C17H22N2. The Bertz CT molecular complexity index is 563. The molecule has 0 fully saturated rings. The van der Waals surface area contributed by atoms with Gasteiger partial charge in [0, 0.05) is 5.69 Å². The van der Waals surface area contributed by atoms with Gasteiger partial charge in [-0.1, -0.05) is 39.0 Å². The minimum Gasteiger partial charge on any atom is -0.397 e. The maximum atomic E-state index is 5.97. The Morgan fingerprint density at radius 3 is 2.16 bits per heavy atom. The largest absolute Gasteiger partial charge is 0.397 e. The Kier molecular flexibility index (Phi) is 3.52. The molecule has 3 N–H and O–H groups in total. The molecule has 0 atom stereocenters. The first-order valence-corrected chi connectivity index (χ1v) is 6.60. The van der Waals surface area contributed by atoms with Crippen molar-refractivity contribution in [2.45, 2.75) is 33.1 Å². The maximum absolute atomic E-state index is 5.97. The molecule has 0 unspecified atom stereocenters. The fourth-order valence-corrected chi connectivity index (χ4v) is 1.99. The Morgan fingerprint density at radius 2 is 1.58 bits per heavy atom. The van der Waals surface area contributed by atoms with E-state index in [2.05, 4.69) is 63.3 Å². The number of anilines is 3. The molecule has 0 aliphatic heterocycles. The zero-order valence-electron chi connectivity index (χ0n) is 12.1. The highest BCUT2D eigenvalue weighted by Crippen LogP contribution is 2.27. The molecule has 0 aliphatic carbocycles. The molecule has 0 saturated heterocycles. The number of hydrogen-bond acceptors (Lipinski definition) is 2. The Balaban J connectivity index is 2.22. The van der Waals surface area contributed by atoms with E-state index in [1.54, 1.807) is 0 Å². The van der Waals surface area contributed by atoms with Gasteiger partial charge in [0.15, 0.2) is 0 Å². The summed E-state index contributed by atoms with van der Waals surface area (Å²) in [5.41, 5.74) is 11.5. The van der Waals surface area contributed by atoms with Crippen molar-refractivity contribution in [3.8, 4) is 0 Å². The number of aryl methyl sites for hydroxylation is 1. The van der Waals surface area contributed by atoms with E-state index in [1.165, 1.54) is 11.1 Å². The summed E-state index contributed by atoms with van der Waals surface area (Å²) in [6.45, 7) is 8.71. The third-order valence-electron chi connectivity index (χ3n) is 3.24. The summed E-state index contributed by atoms with van der Waals surface area (Å²) >= 11 is 0. The first-order valence-electron chi connectivity index (χ1n) is 6.60. The lowest BCUT2D eigenvalue weighted by Gasteiger charge is -2.19. The fraction of sp³-hybridized carbons (Fsp3) is 0.294. The van der Waals surface area contributed by atoms with Crippen molar-refractivity contribution < 1.29 is 0 Å². The van der Waals surface area contributed by atoms with Crippen LogP contribution in [0, 0.1) is 6.92 Å². The van der Waals surface area contributed by atoms with Crippen LogP contribution in [0.1, 0.15) is 31.9 Å². The molecular weight excluding hydrogens is 232 g/mol. The summed E-state index contributed by atoms with van der Waals surface area (Å²) in [5.74, 6) is 0. The van der Waals surface area contributed by atoms with Gasteiger partial charge in [-0.05, 0) is 47.7 Å². The van der Waals surface area contributed by atoms with Crippen LogP contribution in [0.3, 0.4) is 0 Å². The minimum atomic E-state index is 0.181. The van der Waals surface area contributed by atoms with E-state index in [4.69, 9.17) is 5.73 Å². The van der Waals surface area contributed by atoms with Crippen LogP contribution in [0.5, 0.6) is 0 Å². The number of nitrogen functional groups attached to an aromatic ring is 1. The van der Waals surface area contributed by atoms with Crippen LogP contribution in [0.4, 0.5) is 17.1 Å². The summed E-state index contributed by atoms with van der Waals surface area (Å²) in [7, 11) is 0. The molecule has 0 aliphatic rings. The van der Waals surface area contributed by atoms with E-state index >= 15 is 0 Å². The van der Waals surface area contributed by atoms with Gasteiger partial charge < -0.3 is 11.1 Å². The SMILES string of the molecule is Cc1ccc(N)c(Nc2ccc(C(C)(C)C)cc2)c1. The van der Waals surface area contributed by atoms with Crippen molar-refractivity contribution in [1.82, 2.24) is 0 Å². The van der Waals surface area contributed by atoms with Crippen LogP contribution < -0.4 is 11.1 Å². The number of benzene rings is 2. The standard InChI is InChI=1S/C17H22N2/c1-12-5-10-15(18)16(11-12)19-14-8-6-13(7-9-14)17(2,3)4/h5-11,19H,18H2,1-4H3. The van der Waals surface area contributed by atoms with E-state index in [0.29, 0.717) is 0 Å². The van der Waals surface area contributed by atoms with Crippen LogP contribution in [-0.2, 0) is 5.41 Å². The normalized spacial score (nSPS) is 11.4.